The second-order valence-corrected chi connectivity index (χ2v) is 6.89. The van der Waals surface area contributed by atoms with Gasteiger partial charge in [-0.25, -0.2) is 4.98 Å². The molecule has 2 saturated heterocycles. The van der Waals surface area contributed by atoms with Gasteiger partial charge in [-0.05, 0) is 50.9 Å². The van der Waals surface area contributed by atoms with E-state index in [0.717, 1.165) is 62.9 Å². The largest absolute Gasteiger partial charge is 0.384 e. The highest BCUT2D eigenvalue weighted by Gasteiger charge is 2.30. The van der Waals surface area contributed by atoms with Gasteiger partial charge >= 0.3 is 0 Å². The molecule has 0 radical (unpaired) electrons. The minimum atomic E-state index is 0.187. The summed E-state index contributed by atoms with van der Waals surface area (Å²) >= 11 is 0. The number of carbonyl (C=O) groups excluding carboxylic acids is 1. The van der Waals surface area contributed by atoms with Crippen molar-refractivity contribution in [2.75, 3.05) is 31.9 Å². The molecular weight excluding hydrogens is 304 g/mol. The van der Waals surface area contributed by atoms with Crippen LogP contribution in [0.1, 0.15) is 37.3 Å². The van der Waals surface area contributed by atoms with E-state index in [2.05, 4.69) is 25.4 Å². The highest BCUT2D eigenvalue weighted by molar-refractivity contribution is 5.85. The minimum absolute atomic E-state index is 0.187. The first-order valence-corrected chi connectivity index (χ1v) is 8.82. The summed E-state index contributed by atoms with van der Waals surface area (Å²) in [5.41, 5.74) is 7.50. The first-order chi connectivity index (χ1) is 11.7. The van der Waals surface area contributed by atoms with Crippen molar-refractivity contribution in [1.29, 1.82) is 0 Å². The number of rotatable bonds is 2. The van der Waals surface area contributed by atoms with Crippen LogP contribution in [-0.4, -0.2) is 52.2 Å². The third kappa shape index (κ3) is 2.84. The summed E-state index contributed by atoms with van der Waals surface area (Å²) in [6.45, 7) is 3.54. The second kappa shape index (κ2) is 6.39. The summed E-state index contributed by atoms with van der Waals surface area (Å²) in [5.74, 6) is 1.35. The summed E-state index contributed by atoms with van der Waals surface area (Å²) in [5, 5.41) is 11.1. The van der Waals surface area contributed by atoms with Crippen molar-refractivity contribution < 1.29 is 4.79 Å². The van der Waals surface area contributed by atoms with E-state index in [4.69, 9.17) is 5.73 Å². The molecular formula is C17H24N6O. The molecule has 2 aromatic heterocycles. The van der Waals surface area contributed by atoms with Crippen LogP contribution < -0.4 is 11.1 Å². The number of pyridine rings is 1. The van der Waals surface area contributed by atoms with E-state index in [1.165, 1.54) is 0 Å². The van der Waals surface area contributed by atoms with Crippen LogP contribution in [-0.2, 0) is 4.79 Å². The van der Waals surface area contributed by atoms with E-state index < -0.39 is 0 Å². The summed E-state index contributed by atoms with van der Waals surface area (Å²) in [6, 6.07) is 4.00. The first-order valence-electron chi connectivity index (χ1n) is 8.82. The van der Waals surface area contributed by atoms with Gasteiger partial charge in [0.2, 0.25) is 5.91 Å². The van der Waals surface area contributed by atoms with E-state index in [0.29, 0.717) is 17.4 Å². The van der Waals surface area contributed by atoms with E-state index >= 15 is 0 Å². The van der Waals surface area contributed by atoms with Crippen LogP contribution in [0, 0.1) is 5.92 Å². The Hall–Kier alpha value is -2.15. The molecule has 128 valence electrons. The Morgan fingerprint density at radius 2 is 2.08 bits per heavy atom. The molecule has 0 bridgehead atoms. The van der Waals surface area contributed by atoms with Gasteiger partial charge in [0.1, 0.15) is 5.82 Å². The number of fused-ring (bicyclic) bond motifs is 1. The maximum absolute atomic E-state index is 12.8. The van der Waals surface area contributed by atoms with Crippen LogP contribution in [0.3, 0.4) is 0 Å². The molecule has 1 atom stereocenters. The van der Waals surface area contributed by atoms with Crippen molar-refractivity contribution in [3.8, 4) is 0 Å². The number of piperidine rings is 2. The highest BCUT2D eigenvalue weighted by Crippen LogP contribution is 2.29. The Labute approximate surface area is 141 Å². The lowest BCUT2D eigenvalue weighted by Gasteiger charge is -2.35. The van der Waals surface area contributed by atoms with Gasteiger partial charge in [-0.15, -0.1) is 0 Å². The molecule has 24 heavy (non-hydrogen) atoms. The number of aromatic amines is 1. The van der Waals surface area contributed by atoms with E-state index in [1.54, 1.807) is 0 Å². The number of nitrogens with one attached hydrogen (secondary N) is 2. The topological polar surface area (TPSA) is 99.9 Å². The Balaban J connectivity index is 1.49. The van der Waals surface area contributed by atoms with Gasteiger partial charge in [-0.3, -0.25) is 9.89 Å². The van der Waals surface area contributed by atoms with Crippen molar-refractivity contribution in [2.45, 2.75) is 31.6 Å². The third-order valence-electron chi connectivity index (χ3n) is 5.31. The third-order valence-corrected chi connectivity index (χ3v) is 5.31. The Morgan fingerprint density at radius 3 is 2.92 bits per heavy atom. The van der Waals surface area contributed by atoms with Gasteiger partial charge in [-0.2, -0.15) is 5.10 Å². The average Bonchev–Trinajstić information content (AvgIpc) is 3.02. The molecule has 7 heteroatoms. The molecule has 0 aromatic carbocycles. The smallest absolute Gasteiger partial charge is 0.225 e. The van der Waals surface area contributed by atoms with Gasteiger partial charge in [-0.1, -0.05) is 0 Å². The molecule has 4 heterocycles. The summed E-state index contributed by atoms with van der Waals surface area (Å²) < 4.78 is 0. The number of amides is 1. The van der Waals surface area contributed by atoms with Crippen molar-refractivity contribution in [1.82, 2.24) is 25.4 Å². The van der Waals surface area contributed by atoms with Gasteiger partial charge in [0, 0.05) is 30.6 Å². The van der Waals surface area contributed by atoms with Gasteiger partial charge in [0.15, 0.2) is 5.65 Å². The molecule has 4 rings (SSSR count). The predicted molar refractivity (Wildman–Crippen MR) is 92.4 cm³/mol. The molecule has 2 aromatic rings. The average molecular weight is 328 g/mol. The highest BCUT2D eigenvalue weighted by atomic mass is 16.2. The Morgan fingerprint density at radius 1 is 1.25 bits per heavy atom. The van der Waals surface area contributed by atoms with E-state index in [9.17, 15) is 4.79 Å². The molecule has 0 spiro atoms. The van der Waals surface area contributed by atoms with Gasteiger partial charge in [0.25, 0.3) is 0 Å². The molecule has 1 amide bonds. The number of nitrogen functional groups attached to an aromatic ring is 1. The number of hydrogen-bond donors (Lipinski definition) is 3. The van der Waals surface area contributed by atoms with Crippen LogP contribution in [0.15, 0.2) is 12.1 Å². The zero-order valence-electron chi connectivity index (χ0n) is 13.8. The molecule has 0 aliphatic carbocycles. The van der Waals surface area contributed by atoms with Crippen molar-refractivity contribution in [3.05, 3.63) is 17.8 Å². The van der Waals surface area contributed by atoms with E-state index in [-0.39, 0.29) is 11.8 Å². The van der Waals surface area contributed by atoms with Crippen LogP contribution >= 0.6 is 0 Å². The number of aromatic nitrogens is 3. The van der Waals surface area contributed by atoms with Crippen molar-refractivity contribution in [3.63, 3.8) is 0 Å². The van der Waals surface area contributed by atoms with Crippen molar-refractivity contribution in [2.24, 2.45) is 5.92 Å². The molecule has 7 nitrogen and oxygen atoms in total. The summed E-state index contributed by atoms with van der Waals surface area (Å²) in [4.78, 5) is 19.5. The van der Waals surface area contributed by atoms with Crippen LogP contribution in [0.4, 0.5) is 5.82 Å². The normalized spacial score (nSPS) is 22.8. The molecule has 2 aliphatic heterocycles. The number of hydrogen-bond acceptors (Lipinski definition) is 5. The quantitative estimate of drug-likeness (QED) is 0.770. The Kier molecular flexibility index (Phi) is 4.10. The van der Waals surface area contributed by atoms with Crippen LogP contribution in [0.2, 0.25) is 0 Å². The molecule has 0 saturated carbocycles. The van der Waals surface area contributed by atoms with E-state index in [1.807, 2.05) is 12.1 Å². The number of H-pyrrole nitrogens is 1. The SMILES string of the molecule is Nc1[nH]nc2nc(C3CCCN(C(=O)C4CCNCC4)C3)ccc12. The second-order valence-electron chi connectivity index (χ2n) is 6.89. The molecule has 4 N–H and O–H groups in total. The summed E-state index contributed by atoms with van der Waals surface area (Å²) in [6.07, 6.45) is 4.01. The summed E-state index contributed by atoms with van der Waals surface area (Å²) in [7, 11) is 0. The predicted octanol–water partition coefficient (Wildman–Crippen LogP) is 1.25. The number of anilines is 1. The number of likely N-dealkylation sites (tertiary alicyclic amines) is 1. The van der Waals surface area contributed by atoms with Crippen LogP contribution in [0.5, 0.6) is 0 Å². The van der Waals surface area contributed by atoms with Crippen molar-refractivity contribution >= 4 is 22.8 Å². The maximum Gasteiger partial charge on any atom is 0.225 e. The van der Waals surface area contributed by atoms with Crippen LogP contribution in [0.25, 0.3) is 11.0 Å². The fraction of sp³-hybridized carbons (Fsp3) is 0.588. The molecule has 2 fully saturated rings. The standard InChI is InChI=1S/C17H24N6O/c18-15-13-3-4-14(20-16(13)22-21-15)12-2-1-9-23(10-12)17(24)11-5-7-19-8-6-11/h3-4,11-12,19H,1-2,5-10H2,(H3,18,20,21,22). The fourth-order valence-electron chi connectivity index (χ4n) is 3.91. The molecule has 1 unspecified atom stereocenters. The Bertz CT molecular complexity index is 736. The van der Waals surface area contributed by atoms with Gasteiger partial charge < -0.3 is 16.0 Å². The minimum Gasteiger partial charge on any atom is -0.384 e. The zero-order valence-corrected chi connectivity index (χ0v) is 13.8. The fourth-order valence-corrected chi connectivity index (χ4v) is 3.91. The number of carbonyl (C=O) groups is 1. The number of nitrogens with two attached hydrogens (primary N) is 1. The lowest BCUT2D eigenvalue weighted by atomic mass is 9.91. The van der Waals surface area contributed by atoms with Gasteiger partial charge in [0.05, 0.1) is 5.39 Å². The zero-order chi connectivity index (χ0) is 16.5. The maximum atomic E-state index is 12.8. The lowest BCUT2D eigenvalue weighted by molar-refractivity contribution is -0.137. The lowest BCUT2D eigenvalue weighted by Crippen LogP contribution is -2.45. The number of nitrogens with zero attached hydrogens (tertiary/aromatic N) is 3. The first kappa shape index (κ1) is 15.4. The monoisotopic (exact) mass is 328 g/mol. The molecule has 2 aliphatic rings.